The van der Waals surface area contributed by atoms with Crippen LogP contribution in [0.3, 0.4) is 0 Å². The monoisotopic (exact) mass is 333 g/mol. The Labute approximate surface area is 142 Å². The van der Waals surface area contributed by atoms with E-state index in [1.54, 1.807) is 36.4 Å². The Bertz CT molecular complexity index is 964. The predicted molar refractivity (Wildman–Crippen MR) is 90.3 cm³/mol. The van der Waals surface area contributed by atoms with Gasteiger partial charge in [0, 0.05) is 17.4 Å². The molecule has 1 aromatic heterocycles. The number of hydrogen-bond acceptors (Lipinski definition) is 6. The minimum absolute atomic E-state index is 0.129. The fourth-order valence-electron chi connectivity index (χ4n) is 2.20. The fraction of sp³-hybridized carbons (Fsp3) is 0. The van der Waals surface area contributed by atoms with E-state index >= 15 is 0 Å². The maximum Gasteiger partial charge on any atom is 0.227 e. The maximum atomic E-state index is 13.4. The second-order valence-electron chi connectivity index (χ2n) is 5.04. The van der Waals surface area contributed by atoms with Crippen LogP contribution in [0.1, 0.15) is 16.8 Å². The highest BCUT2D eigenvalue weighted by atomic mass is 19.1. The molecule has 7 heteroatoms. The van der Waals surface area contributed by atoms with Crippen LogP contribution >= 0.6 is 0 Å². The molecular weight excluding hydrogens is 321 g/mol. The van der Waals surface area contributed by atoms with E-state index in [2.05, 4.69) is 20.4 Å². The van der Waals surface area contributed by atoms with Crippen LogP contribution in [-0.4, -0.2) is 20.9 Å². The van der Waals surface area contributed by atoms with Gasteiger partial charge in [-0.25, -0.2) is 14.4 Å². The molecule has 0 aliphatic rings. The van der Waals surface area contributed by atoms with Gasteiger partial charge in [0.25, 0.3) is 0 Å². The first-order valence-electron chi connectivity index (χ1n) is 7.28. The topological polar surface area (TPSA) is 94.2 Å². The third kappa shape index (κ3) is 3.76. The van der Waals surface area contributed by atoms with Crippen LogP contribution in [0.2, 0.25) is 0 Å². The summed E-state index contributed by atoms with van der Waals surface area (Å²) in [6.07, 6.45) is 1.50. The molecule has 0 fully saturated rings. The summed E-state index contributed by atoms with van der Waals surface area (Å²) in [4.78, 5) is 8.39. The van der Waals surface area contributed by atoms with Crippen LogP contribution in [0.5, 0.6) is 0 Å². The van der Waals surface area contributed by atoms with Crippen molar-refractivity contribution in [2.75, 3.05) is 5.32 Å². The summed E-state index contributed by atoms with van der Waals surface area (Å²) in [5.74, 6) is -0.164. The number of rotatable bonds is 4. The van der Waals surface area contributed by atoms with Gasteiger partial charge in [-0.15, -0.1) is 0 Å². The van der Waals surface area contributed by atoms with Crippen LogP contribution in [0.15, 0.2) is 65.9 Å². The van der Waals surface area contributed by atoms with Crippen molar-refractivity contribution in [3.63, 3.8) is 0 Å². The van der Waals surface area contributed by atoms with Crippen molar-refractivity contribution < 1.29 is 9.60 Å². The van der Waals surface area contributed by atoms with Gasteiger partial charge in [-0.3, -0.25) is 0 Å². The average molecular weight is 333 g/mol. The minimum Gasteiger partial charge on any atom is -0.410 e. The van der Waals surface area contributed by atoms with Gasteiger partial charge >= 0.3 is 0 Å². The molecule has 3 aromatic rings. The molecule has 0 aliphatic carbocycles. The van der Waals surface area contributed by atoms with E-state index in [1.807, 2.05) is 6.07 Å². The smallest absolute Gasteiger partial charge is 0.227 e. The molecule has 25 heavy (non-hydrogen) atoms. The quantitative estimate of drug-likeness (QED) is 0.433. The van der Waals surface area contributed by atoms with Gasteiger partial charge in [0.05, 0.1) is 17.3 Å². The number of nitrogens with one attached hydrogen (secondary N) is 1. The van der Waals surface area contributed by atoms with Crippen molar-refractivity contribution in [1.82, 2.24) is 9.97 Å². The van der Waals surface area contributed by atoms with Crippen LogP contribution < -0.4 is 5.32 Å². The van der Waals surface area contributed by atoms with Gasteiger partial charge in [-0.05, 0) is 42.5 Å². The Hall–Kier alpha value is -3.79. The number of benzene rings is 2. The number of nitriles is 1. The van der Waals surface area contributed by atoms with Crippen LogP contribution in [0.25, 0.3) is 0 Å². The zero-order chi connectivity index (χ0) is 17.6. The van der Waals surface area contributed by atoms with Crippen molar-refractivity contribution in [2.45, 2.75) is 0 Å². The zero-order valence-electron chi connectivity index (χ0n) is 12.9. The predicted octanol–water partition coefficient (Wildman–Crippen LogP) is 3.46. The third-order valence-corrected chi connectivity index (χ3v) is 3.37. The Morgan fingerprint density at radius 3 is 2.64 bits per heavy atom. The highest BCUT2D eigenvalue weighted by Gasteiger charge is 2.11. The summed E-state index contributed by atoms with van der Waals surface area (Å²) in [5.41, 5.74) is 2.10. The lowest BCUT2D eigenvalue weighted by Gasteiger charge is -2.08. The van der Waals surface area contributed by atoms with Gasteiger partial charge in [-0.2, -0.15) is 5.26 Å². The van der Waals surface area contributed by atoms with E-state index in [1.165, 1.54) is 24.4 Å². The van der Waals surface area contributed by atoms with Crippen LogP contribution in [0.4, 0.5) is 16.0 Å². The lowest BCUT2D eigenvalue weighted by atomic mass is 10.1. The zero-order valence-corrected chi connectivity index (χ0v) is 12.9. The molecule has 0 atom stereocenters. The number of halogens is 1. The second-order valence-corrected chi connectivity index (χ2v) is 5.04. The van der Waals surface area contributed by atoms with E-state index in [9.17, 15) is 9.60 Å². The van der Waals surface area contributed by atoms with Crippen molar-refractivity contribution >= 4 is 17.3 Å². The van der Waals surface area contributed by atoms with E-state index in [-0.39, 0.29) is 11.7 Å². The van der Waals surface area contributed by atoms with Gasteiger partial charge in [0.2, 0.25) is 5.95 Å². The molecule has 122 valence electrons. The number of hydrogen-bond donors (Lipinski definition) is 2. The summed E-state index contributed by atoms with van der Waals surface area (Å²) < 4.78 is 13.4. The number of nitrogens with zero attached hydrogens (tertiary/aromatic N) is 4. The SMILES string of the molecule is N#Cc1ccc(Nc2nccc(/C(=N/O)c3cccc(F)c3)n2)cc1. The number of oxime groups is 1. The summed E-state index contributed by atoms with van der Waals surface area (Å²) in [6.45, 7) is 0. The molecule has 3 rings (SSSR count). The van der Waals surface area contributed by atoms with E-state index in [0.29, 0.717) is 22.5 Å². The van der Waals surface area contributed by atoms with Crippen LogP contribution in [0, 0.1) is 17.1 Å². The first-order valence-corrected chi connectivity index (χ1v) is 7.28. The van der Waals surface area contributed by atoms with Crippen molar-refractivity contribution in [2.24, 2.45) is 5.16 Å². The molecule has 2 N–H and O–H groups in total. The lowest BCUT2D eigenvalue weighted by molar-refractivity contribution is 0.319. The van der Waals surface area contributed by atoms with Crippen LogP contribution in [-0.2, 0) is 0 Å². The van der Waals surface area contributed by atoms with E-state index < -0.39 is 5.82 Å². The highest BCUT2D eigenvalue weighted by molar-refractivity contribution is 6.11. The maximum absolute atomic E-state index is 13.4. The fourth-order valence-corrected chi connectivity index (χ4v) is 2.20. The summed E-state index contributed by atoms with van der Waals surface area (Å²) in [6, 6.07) is 16.1. The first-order chi connectivity index (χ1) is 12.2. The second kappa shape index (κ2) is 7.19. The molecule has 6 nitrogen and oxygen atoms in total. The lowest BCUT2D eigenvalue weighted by Crippen LogP contribution is -2.08. The number of anilines is 2. The molecule has 0 radical (unpaired) electrons. The standard InChI is InChI=1S/C18H12FN5O/c19-14-3-1-2-13(10-14)17(24-25)16-8-9-21-18(23-16)22-15-6-4-12(11-20)5-7-15/h1-10,25H,(H,21,22,23)/b24-17+. The first kappa shape index (κ1) is 16.1. The molecule has 0 aliphatic heterocycles. The Balaban J connectivity index is 1.88. The summed E-state index contributed by atoms with van der Waals surface area (Å²) in [7, 11) is 0. The molecule has 0 unspecified atom stereocenters. The largest absolute Gasteiger partial charge is 0.410 e. The van der Waals surface area contributed by atoms with Crippen molar-refractivity contribution in [3.05, 3.63) is 83.4 Å². The summed E-state index contributed by atoms with van der Waals surface area (Å²) in [5, 5.41) is 24.4. The normalized spacial score (nSPS) is 11.0. The number of aromatic nitrogens is 2. The highest BCUT2D eigenvalue weighted by Crippen LogP contribution is 2.16. The molecule has 1 heterocycles. The van der Waals surface area contributed by atoms with Gasteiger partial charge in [-0.1, -0.05) is 17.3 Å². The Kier molecular flexibility index (Phi) is 4.62. The van der Waals surface area contributed by atoms with Crippen molar-refractivity contribution in [1.29, 1.82) is 5.26 Å². The molecule has 0 bridgehead atoms. The minimum atomic E-state index is -0.441. The van der Waals surface area contributed by atoms with E-state index in [0.717, 1.165) is 0 Å². The molecule has 0 saturated carbocycles. The molecule has 0 saturated heterocycles. The summed E-state index contributed by atoms with van der Waals surface area (Å²) >= 11 is 0. The van der Waals surface area contributed by atoms with Gasteiger partial charge < -0.3 is 10.5 Å². The Morgan fingerprint density at radius 2 is 1.96 bits per heavy atom. The van der Waals surface area contributed by atoms with Gasteiger partial charge in [0.15, 0.2) is 0 Å². The van der Waals surface area contributed by atoms with E-state index in [4.69, 9.17) is 5.26 Å². The Morgan fingerprint density at radius 1 is 1.16 bits per heavy atom. The molecular formula is C18H12FN5O. The van der Waals surface area contributed by atoms with Crippen molar-refractivity contribution in [3.8, 4) is 6.07 Å². The molecule has 2 aromatic carbocycles. The average Bonchev–Trinajstić information content (AvgIpc) is 2.63. The molecule has 0 spiro atoms. The molecule has 0 amide bonds. The third-order valence-electron chi connectivity index (χ3n) is 3.37. The van der Waals surface area contributed by atoms with Gasteiger partial charge in [0.1, 0.15) is 11.5 Å².